The van der Waals surface area contributed by atoms with Crippen LogP contribution in [0.15, 0.2) is 23.5 Å². The highest BCUT2D eigenvalue weighted by molar-refractivity contribution is 5.89. The highest BCUT2D eigenvalue weighted by Crippen LogP contribution is 2.27. The second-order valence-electron chi connectivity index (χ2n) is 4.45. The van der Waals surface area contributed by atoms with Crippen LogP contribution in [0.2, 0.25) is 0 Å². The van der Waals surface area contributed by atoms with E-state index in [0.29, 0.717) is 0 Å². The number of imidazole rings is 1. The summed E-state index contributed by atoms with van der Waals surface area (Å²) < 4.78 is 2.04. The third-order valence-electron chi connectivity index (χ3n) is 3.27. The molecular formula is C13H17N5. The molecule has 1 fully saturated rings. The van der Waals surface area contributed by atoms with Crippen LogP contribution in [0.25, 0.3) is 11.0 Å². The molecule has 0 unspecified atom stereocenters. The predicted octanol–water partition coefficient (Wildman–Crippen LogP) is 1.32. The summed E-state index contributed by atoms with van der Waals surface area (Å²) in [4.78, 5) is 9.11. The first-order chi connectivity index (χ1) is 8.79. The minimum atomic E-state index is 0.861. The fourth-order valence-electron chi connectivity index (χ4n) is 2.33. The number of hydrogen-bond donors (Lipinski definition) is 2. The van der Waals surface area contributed by atoms with E-state index in [1.807, 2.05) is 17.9 Å². The standard InChI is InChI=1S/C13H17N5/c1-3-9-10(17-13-14-6-7-15-13)4-5-11-12(9)16-8-18(11)2/h4-5,8H,3,6-7H2,1-2H3,(H2,14,15,17). The Labute approximate surface area is 106 Å². The normalized spacial score (nSPS) is 14.7. The number of guanidine groups is 1. The number of aliphatic imine (C=N–C) groups is 1. The largest absolute Gasteiger partial charge is 0.354 e. The number of nitrogens with one attached hydrogen (secondary N) is 2. The minimum absolute atomic E-state index is 0.861. The molecule has 2 aromatic rings. The molecule has 2 N–H and O–H groups in total. The molecule has 0 amide bonds. The smallest absolute Gasteiger partial charge is 0.196 e. The van der Waals surface area contributed by atoms with Crippen LogP contribution in [0, 0.1) is 0 Å². The molecule has 0 aliphatic carbocycles. The van der Waals surface area contributed by atoms with E-state index in [-0.39, 0.29) is 0 Å². The average molecular weight is 243 g/mol. The van der Waals surface area contributed by atoms with Gasteiger partial charge in [0.15, 0.2) is 5.96 Å². The van der Waals surface area contributed by atoms with E-state index in [2.05, 4.69) is 39.7 Å². The van der Waals surface area contributed by atoms with Gasteiger partial charge < -0.3 is 15.2 Å². The van der Waals surface area contributed by atoms with Crippen molar-refractivity contribution < 1.29 is 0 Å². The van der Waals surface area contributed by atoms with Gasteiger partial charge in [0.05, 0.1) is 23.0 Å². The van der Waals surface area contributed by atoms with Crippen molar-refractivity contribution in [2.75, 3.05) is 13.1 Å². The van der Waals surface area contributed by atoms with Crippen LogP contribution in [0.5, 0.6) is 0 Å². The molecule has 5 nitrogen and oxygen atoms in total. The lowest BCUT2D eigenvalue weighted by molar-refractivity contribution is 0.942. The number of benzene rings is 1. The van der Waals surface area contributed by atoms with Crippen LogP contribution < -0.4 is 10.6 Å². The molecule has 2 heterocycles. The van der Waals surface area contributed by atoms with E-state index in [1.165, 1.54) is 5.56 Å². The molecule has 0 saturated carbocycles. The first-order valence-corrected chi connectivity index (χ1v) is 6.29. The summed E-state index contributed by atoms with van der Waals surface area (Å²) in [7, 11) is 2.01. The second-order valence-corrected chi connectivity index (χ2v) is 4.45. The van der Waals surface area contributed by atoms with Gasteiger partial charge in [-0.3, -0.25) is 0 Å². The number of rotatable bonds is 2. The molecule has 1 aliphatic heterocycles. The molecular weight excluding hydrogens is 226 g/mol. The van der Waals surface area contributed by atoms with Gasteiger partial charge >= 0.3 is 0 Å². The summed E-state index contributed by atoms with van der Waals surface area (Å²) in [6, 6.07) is 4.15. The highest BCUT2D eigenvalue weighted by Gasteiger charge is 2.11. The van der Waals surface area contributed by atoms with Crippen LogP contribution in [0.1, 0.15) is 12.5 Å². The van der Waals surface area contributed by atoms with Gasteiger partial charge in [-0.05, 0) is 18.6 Å². The third-order valence-corrected chi connectivity index (χ3v) is 3.27. The van der Waals surface area contributed by atoms with Gasteiger partial charge in [0.25, 0.3) is 0 Å². The van der Waals surface area contributed by atoms with Crippen molar-refractivity contribution in [2.24, 2.45) is 12.0 Å². The molecule has 1 aliphatic rings. The monoisotopic (exact) mass is 243 g/mol. The van der Waals surface area contributed by atoms with Crippen LogP contribution >= 0.6 is 0 Å². The molecule has 0 spiro atoms. The third kappa shape index (κ3) is 1.72. The quantitative estimate of drug-likeness (QED) is 0.836. The molecule has 5 heteroatoms. The maximum Gasteiger partial charge on any atom is 0.196 e. The second kappa shape index (κ2) is 4.33. The lowest BCUT2D eigenvalue weighted by atomic mass is 10.1. The Morgan fingerprint density at radius 2 is 2.11 bits per heavy atom. The molecule has 0 radical (unpaired) electrons. The topological polar surface area (TPSA) is 54.2 Å². The van der Waals surface area contributed by atoms with Crippen molar-refractivity contribution in [3.05, 3.63) is 24.0 Å². The number of nitrogens with zero attached hydrogens (tertiary/aromatic N) is 3. The van der Waals surface area contributed by atoms with Gasteiger partial charge in [-0.15, -0.1) is 0 Å². The molecule has 3 rings (SSSR count). The van der Waals surface area contributed by atoms with E-state index < -0.39 is 0 Å². The van der Waals surface area contributed by atoms with Crippen molar-refractivity contribution in [1.29, 1.82) is 0 Å². The van der Waals surface area contributed by atoms with Crippen molar-refractivity contribution >= 4 is 22.7 Å². The summed E-state index contributed by atoms with van der Waals surface area (Å²) in [6.07, 6.45) is 2.79. The molecule has 0 bridgehead atoms. The lowest BCUT2D eigenvalue weighted by Crippen LogP contribution is -2.23. The number of hydrogen-bond acceptors (Lipinski definition) is 2. The Bertz CT molecular complexity index is 603. The van der Waals surface area contributed by atoms with E-state index in [4.69, 9.17) is 0 Å². The molecule has 1 saturated heterocycles. The average Bonchev–Trinajstić information content (AvgIpc) is 3.00. The Morgan fingerprint density at radius 1 is 1.33 bits per heavy atom. The van der Waals surface area contributed by atoms with E-state index in [1.54, 1.807) is 0 Å². The van der Waals surface area contributed by atoms with Gasteiger partial charge in [-0.2, -0.15) is 0 Å². The lowest BCUT2D eigenvalue weighted by Gasteiger charge is -2.06. The highest BCUT2D eigenvalue weighted by atomic mass is 15.2. The summed E-state index contributed by atoms with van der Waals surface area (Å²) in [5, 5.41) is 6.45. The van der Waals surface area contributed by atoms with Gasteiger partial charge in [0, 0.05) is 25.7 Å². The first-order valence-electron chi connectivity index (χ1n) is 6.29. The van der Waals surface area contributed by atoms with Gasteiger partial charge in [-0.1, -0.05) is 6.92 Å². The Hall–Kier alpha value is -2.04. The molecule has 0 atom stereocenters. The molecule has 1 aromatic heterocycles. The molecule has 18 heavy (non-hydrogen) atoms. The predicted molar refractivity (Wildman–Crippen MR) is 73.2 cm³/mol. The minimum Gasteiger partial charge on any atom is -0.354 e. The first kappa shape index (κ1) is 11.1. The Morgan fingerprint density at radius 3 is 2.83 bits per heavy atom. The zero-order chi connectivity index (χ0) is 12.5. The fourth-order valence-corrected chi connectivity index (χ4v) is 2.33. The fraction of sp³-hybridized carbons (Fsp3) is 0.385. The maximum atomic E-state index is 4.63. The molecule has 1 aromatic carbocycles. The summed E-state index contributed by atoms with van der Waals surface area (Å²) in [6.45, 7) is 4.01. The van der Waals surface area contributed by atoms with Crippen molar-refractivity contribution in [3.8, 4) is 0 Å². The zero-order valence-electron chi connectivity index (χ0n) is 10.7. The zero-order valence-corrected chi connectivity index (χ0v) is 10.7. The van der Waals surface area contributed by atoms with E-state index in [0.717, 1.165) is 42.2 Å². The summed E-state index contributed by atoms with van der Waals surface area (Å²) in [5.41, 5.74) is 4.42. The van der Waals surface area contributed by atoms with E-state index >= 15 is 0 Å². The van der Waals surface area contributed by atoms with Crippen LogP contribution in [0.4, 0.5) is 5.69 Å². The van der Waals surface area contributed by atoms with Gasteiger partial charge in [0.2, 0.25) is 0 Å². The van der Waals surface area contributed by atoms with Crippen LogP contribution in [-0.4, -0.2) is 28.6 Å². The number of fused-ring (bicyclic) bond motifs is 1. The maximum absolute atomic E-state index is 4.63. The molecule has 94 valence electrons. The Balaban J connectivity index is 2.14. The summed E-state index contributed by atoms with van der Waals surface area (Å²) in [5.74, 6) is 0.861. The van der Waals surface area contributed by atoms with Crippen molar-refractivity contribution in [1.82, 2.24) is 20.2 Å². The van der Waals surface area contributed by atoms with Crippen LogP contribution in [-0.2, 0) is 13.5 Å². The van der Waals surface area contributed by atoms with Gasteiger partial charge in [-0.25, -0.2) is 9.98 Å². The van der Waals surface area contributed by atoms with Crippen LogP contribution in [0.3, 0.4) is 0 Å². The number of aryl methyl sites for hydroxylation is 2. The number of aromatic nitrogens is 2. The van der Waals surface area contributed by atoms with Crippen molar-refractivity contribution in [3.63, 3.8) is 0 Å². The van der Waals surface area contributed by atoms with Gasteiger partial charge in [0.1, 0.15) is 0 Å². The SMILES string of the molecule is CCc1c(N=C2NCCN2)ccc2c1ncn2C. The Kier molecular flexibility index (Phi) is 2.66. The summed E-state index contributed by atoms with van der Waals surface area (Å²) >= 11 is 0. The van der Waals surface area contributed by atoms with Crippen molar-refractivity contribution in [2.45, 2.75) is 13.3 Å². The van der Waals surface area contributed by atoms with E-state index in [9.17, 15) is 0 Å².